The summed E-state index contributed by atoms with van der Waals surface area (Å²) in [5.41, 5.74) is 2.45. The molecule has 0 saturated heterocycles. The predicted molar refractivity (Wildman–Crippen MR) is 112 cm³/mol. The van der Waals surface area contributed by atoms with E-state index >= 15 is 0 Å². The summed E-state index contributed by atoms with van der Waals surface area (Å²) in [7, 11) is 3.31. The Balaban J connectivity index is 1.50. The Kier molecular flexibility index (Phi) is 7.18. The predicted octanol–water partition coefficient (Wildman–Crippen LogP) is 4.46. The quantitative estimate of drug-likeness (QED) is 0.541. The first-order chi connectivity index (χ1) is 13.7. The molecule has 3 aromatic rings. The van der Waals surface area contributed by atoms with Crippen LogP contribution in [-0.2, 0) is 13.0 Å². The van der Waals surface area contributed by atoms with Gasteiger partial charge in [-0.3, -0.25) is 0 Å². The highest BCUT2D eigenvalue weighted by Crippen LogP contribution is 2.27. The Morgan fingerprint density at radius 3 is 2.32 bits per heavy atom. The second-order valence-corrected chi connectivity index (χ2v) is 6.86. The fraction of sp³-hybridized carbons (Fsp3) is 0.217. The SMILES string of the molecule is COc1ccc(CC[NH2+]Cc2cccc(Oc3ccc(Cl)cc3)c2)cc1OC. The van der Waals surface area contributed by atoms with E-state index in [2.05, 4.69) is 23.5 Å². The van der Waals surface area contributed by atoms with E-state index in [0.29, 0.717) is 5.02 Å². The summed E-state index contributed by atoms with van der Waals surface area (Å²) >= 11 is 5.91. The number of halogens is 1. The van der Waals surface area contributed by atoms with Gasteiger partial charge in [0.15, 0.2) is 11.5 Å². The maximum Gasteiger partial charge on any atom is 0.160 e. The van der Waals surface area contributed by atoms with Gasteiger partial charge >= 0.3 is 0 Å². The highest BCUT2D eigenvalue weighted by atomic mass is 35.5. The number of benzene rings is 3. The smallest absolute Gasteiger partial charge is 0.160 e. The molecule has 0 aliphatic carbocycles. The fourth-order valence-corrected chi connectivity index (χ4v) is 3.07. The average Bonchev–Trinajstić information content (AvgIpc) is 2.73. The molecule has 0 aliphatic rings. The average molecular weight is 399 g/mol. The Morgan fingerprint density at radius 1 is 0.786 bits per heavy atom. The molecule has 3 rings (SSSR count). The first kappa shape index (κ1) is 20.1. The van der Waals surface area contributed by atoms with Gasteiger partial charge < -0.3 is 19.5 Å². The van der Waals surface area contributed by atoms with Crippen LogP contribution in [0.25, 0.3) is 0 Å². The Bertz CT molecular complexity index is 897. The summed E-state index contributed by atoms with van der Waals surface area (Å²) in [6.45, 7) is 1.88. The molecule has 5 heteroatoms. The lowest BCUT2D eigenvalue weighted by Gasteiger charge is -2.10. The van der Waals surface area contributed by atoms with Crippen molar-refractivity contribution in [1.29, 1.82) is 0 Å². The zero-order valence-corrected chi connectivity index (χ0v) is 16.9. The molecule has 0 bridgehead atoms. The van der Waals surface area contributed by atoms with Crippen LogP contribution < -0.4 is 19.5 Å². The summed E-state index contributed by atoms with van der Waals surface area (Å²) in [4.78, 5) is 0. The van der Waals surface area contributed by atoms with Crippen LogP contribution in [0.3, 0.4) is 0 Å². The van der Waals surface area contributed by atoms with Crippen LogP contribution in [0.15, 0.2) is 66.7 Å². The largest absolute Gasteiger partial charge is 0.493 e. The molecule has 0 unspecified atom stereocenters. The van der Waals surface area contributed by atoms with Crippen molar-refractivity contribution >= 4 is 11.6 Å². The molecule has 2 N–H and O–H groups in total. The maximum atomic E-state index is 5.91. The number of ether oxygens (including phenoxy) is 3. The minimum Gasteiger partial charge on any atom is -0.493 e. The Labute approximate surface area is 171 Å². The molecule has 0 heterocycles. The lowest BCUT2D eigenvalue weighted by Crippen LogP contribution is -2.83. The van der Waals surface area contributed by atoms with Crippen molar-refractivity contribution in [3.05, 3.63) is 82.9 Å². The second kappa shape index (κ2) is 10.0. The van der Waals surface area contributed by atoms with Crippen molar-refractivity contribution in [2.24, 2.45) is 0 Å². The van der Waals surface area contributed by atoms with Crippen molar-refractivity contribution in [3.8, 4) is 23.0 Å². The highest BCUT2D eigenvalue weighted by molar-refractivity contribution is 6.30. The molecule has 28 heavy (non-hydrogen) atoms. The van der Waals surface area contributed by atoms with Crippen molar-refractivity contribution in [1.82, 2.24) is 0 Å². The third-order valence-corrected chi connectivity index (χ3v) is 4.66. The van der Waals surface area contributed by atoms with Crippen molar-refractivity contribution in [2.45, 2.75) is 13.0 Å². The van der Waals surface area contributed by atoms with E-state index in [1.54, 1.807) is 14.2 Å². The van der Waals surface area contributed by atoms with Gasteiger partial charge in [0.25, 0.3) is 0 Å². The molecule has 0 aliphatic heterocycles. The van der Waals surface area contributed by atoms with E-state index in [-0.39, 0.29) is 0 Å². The van der Waals surface area contributed by atoms with E-state index in [9.17, 15) is 0 Å². The minimum atomic E-state index is 0.699. The fourth-order valence-electron chi connectivity index (χ4n) is 2.95. The zero-order valence-electron chi connectivity index (χ0n) is 16.2. The topological polar surface area (TPSA) is 44.3 Å². The van der Waals surface area contributed by atoms with Crippen LogP contribution in [-0.4, -0.2) is 20.8 Å². The zero-order chi connectivity index (χ0) is 19.8. The van der Waals surface area contributed by atoms with Gasteiger partial charge in [-0.1, -0.05) is 29.8 Å². The van der Waals surface area contributed by atoms with Gasteiger partial charge in [-0.2, -0.15) is 0 Å². The monoisotopic (exact) mass is 398 g/mol. The number of quaternary nitrogens is 1. The van der Waals surface area contributed by atoms with E-state index in [1.807, 2.05) is 48.5 Å². The number of methoxy groups -OCH3 is 2. The second-order valence-electron chi connectivity index (χ2n) is 6.42. The van der Waals surface area contributed by atoms with Crippen LogP contribution in [0.1, 0.15) is 11.1 Å². The number of nitrogens with two attached hydrogens (primary N) is 1. The van der Waals surface area contributed by atoms with Crippen molar-refractivity contribution in [2.75, 3.05) is 20.8 Å². The van der Waals surface area contributed by atoms with Gasteiger partial charge in [-0.05, 0) is 54.1 Å². The van der Waals surface area contributed by atoms with Crippen LogP contribution in [0, 0.1) is 0 Å². The highest BCUT2D eigenvalue weighted by Gasteiger charge is 2.06. The summed E-state index contributed by atoms with van der Waals surface area (Å²) < 4.78 is 16.5. The molecule has 0 spiro atoms. The third-order valence-electron chi connectivity index (χ3n) is 4.41. The molecule has 0 radical (unpaired) electrons. The minimum absolute atomic E-state index is 0.699. The van der Waals surface area contributed by atoms with Crippen LogP contribution >= 0.6 is 11.6 Å². The van der Waals surface area contributed by atoms with E-state index in [0.717, 1.165) is 42.5 Å². The van der Waals surface area contributed by atoms with Crippen LogP contribution in [0.2, 0.25) is 5.02 Å². The summed E-state index contributed by atoms with van der Waals surface area (Å²) in [6, 6.07) is 21.6. The number of rotatable bonds is 9. The molecule has 3 aromatic carbocycles. The molecule has 0 saturated carbocycles. The summed E-state index contributed by atoms with van der Waals surface area (Å²) in [5.74, 6) is 3.13. The van der Waals surface area contributed by atoms with Crippen LogP contribution in [0.5, 0.6) is 23.0 Å². The van der Waals surface area contributed by atoms with Gasteiger partial charge in [-0.25, -0.2) is 0 Å². The molecular formula is C23H25ClNO3+. The standard InChI is InChI=1S/C23H24ClNO3/c1-26-22-11-6-17(15-23(22)27-2)12-13-25-16-18-4-3-5-21(14-18)28-20-9-7-19(24)8-10-20/h3-11,14-15,25H,12-13,16H2,1-2H3/p+1. The summed E-state index contributed by atoms with van der Waals surface area (Å²) in [6.07, 6.45) is 0.960. The number of hydrogen-bond donors (Lipinski definition) is 1. The van der Waals surface area contributed by atoms with E-state index in [4.69, 9.17) is 25.8 Å². The normalized spacial score (nSPS) is 10.5. The molecule has 146 valence electrons. The third kappa shape index (κ3) is 5.65. The first-order valence-corrected chi connectivity index (χ1v) is 9.60. The lowest BCUT2D eigenvalue weighted by molar-refractivity contribution is -0.670. The molecule has 0 atom stereocenters. The molecular weight excluding hydrogens is 374 g/mol. The van der Waals surface area contributed by atoms with E-state index in [1.165, 1.54) is 11.1 Å². The maximum absolute atomic E-state index is 5.91. The van der Waals surface area contributed by atoms with Gasteiger partial charge in [0, 0.05) is 17.0 Å². The van der Waals surface area contributed by atoms with Crippen LogP contribution in [0.4, 0.5) is 0 Å². The van der Waals surface area contributed by atoms with E-state index < -0.39 is 0 Å². The molecule has 0 amide bonds. The molecule has 0 fully saturated rings. The molecule has 0 aromatic heterocycles. The Morgan fingerprint density at radius 2 is 1.57 bits per heavy atom. The van der Waals surface area contributed by atoms with Gasteiger partial charge in [0.05, 0.1) is 20.8 Å². The first-order valence-electron chi connectivity index (χ1n) is 9.23. The molecule has 4 nitrogen and oxygen atoms in total. The van der Waals surface area contributed by atoms with Gasteiger partial charge in [-0.15, -0.1) is 0 Å². The van der Waals surface area contributed by atoms with Gasteiger partial charge in [0.2, 0.25) is 0 Å². The number of hydrogen-bond acceptors (Lipinski definition) is 3. The summed E-state index contributed by atoms with van der Waals surface area (Å²) in [5, 5.41) is 2.99. The Hall–Kier alpha value is -2.69. The van der Waals surface area contributed by atoms with Crippen molar-refractivity contribution in [3.63, 3.8) is 0 Å². The lowest BCUT2D eigenvalue weighted by atomic mass is 10.1. The van der Waals surface area contributed by atoms with Gasteiger partial charge in [0.1, 0.15) is 18.0 Å². The van der Waals surface area contributed by atoms with Crippen molar-refractivity contribution < 1.29 is 19.5 Å².